The van der Waals surface area contributed by atoms with Gasteiger partial charge in [0.1, 0.15) is 0 Å². The molecule has 1 rings (SSSR count). The molecule has 0 aliphatic rings. The minimum Gasteiger partial charge on any atom is -0.287 e. The first-order chi connectivity index (χ1) is 6.97. The van der Waals surface area contributed by atoms with E-state index in [4.69, 9.17) is 0 Å². The second-order valence-electron chi connectivity index (χ2n) is 2.81. The Bertz CT molecular complexity index is 370. The molecule has 0 saturated heterocycles. The van der Waals surface area contributed by atoms with Gasteiger partial charge >= 0.3 is 0 Å². The van der Waals surface area contributed by atoms with Crippen LogP contribution in [0.2, 0.25) is 0 Å². The van der Waals surface area contributed by atoms with Crippen LogP contribution in [0.4, 0.5) is 0 Å². The normalized spacial score (nSPS) is 10.1. The Labute approximate surface area is 105 Å². The summed E-state index contributed by atoms with van der Waals surface area (Å²) in [5, 5.41) is 0.0683. The fourth-order valence-corrected chi connectivity index (χ4v) is 3.27. The molecule has 5 heteroatoms. The minimum absolute atomic E-state index is 0.0341. The number of halogens is 1. The third kappa shape index (κ3) is 4.86. The number of thioether (sulfide) groups is 2. The van der Waals surface area contributed by atoms with Crippen LogP contribution in [-0.2, 0) is 9.59 Å². The molecular formula is C10H9BrO2S2. The molecule has 1 aromatic carbocycles. The van der Waals surface area contributed by atoms with Crippen molar-refractivity contribution in [1.82, 2.24) is 0 Å². The highest BCUT2D eigenvalue weighted by Gasteiger charge is 2.05. The number of benzene rings is 1. The van der Waals surface area contributed by atoms with E-state index in [-0.39, 0.29) is 10.2 Å². The molecule has 15 heavy (non-hydrogen) atoms. The first kappa shape index (κ1) is 12.8. The lowest BCUT2D eigenvalue weighted by molar-refractivity contribution is -0.109. The van der Waals surface area contributed by atoms with Gasteiger partial charge in [0.05, 0.1) is 0 Å². The Morgan fingerprint density at radius 3 is 1.73 bits per heavy atom. The van der Waals surface area contributed by atoms with E-state index in [1.54, 1.807) is 0 Å². The second kappa shape index (κ2) is 5.72. The van der Waals surface area contributed by atoms with Crippen molar-refractivity contribution in [3.8, 4) is 0 Å². The van der Waals surface area contributed by atoms with Crippen LogP contribution in [0.3, 0.4) is 0 Å². The van der Waals surface area contributed by atoms with Crippen molar-refractivity contribution in [3.05, 3.63) is 22.7 Å². The van der Waals surface area contributed by atoms with E-state index in [1.807, 2.05) is 18.2 Å². The number of carbonyl (C=O) groups excluding carboxylic acids is 2. The SMILES string of the molecule is CC(=O)Sc1cc(Br)cc(SC(C)=O)c1. The van der Waals surface area contributed by atoms with Gasteiger partial charge in [0.2, 0.25) is 0 Å². The Hall–Kier alpha value is -0.260. The van der Waals surface area contributed by atoms with Crippen molar-refractivity contribution in [1.29, 1.82) is 0 Å². The van der Waals surface area contributed by atoms with Crippen molar-refractivity contribution in [3.63, 3.8) is 0 Å². The van der Waals surface area contributed by atoms with E-state index < -0.39 is 0 Å². The van der Waals surface area contributed by atoms with Gasteiger partial charge in [-0.15, -0.1) is 0 Å². The summed E-state index contributed by atoms with van der Waals surface area (Å²) in [7, 11) is 0. The summed E-state index contributed by atoms with van der Waals surface area (Å²) in [6.07, 6.45) is 0. The molecule has 0 amide bonds. The molecule has 0 fully saturated rings. The summed E-state index contributed by atoms with van der Waals surface area (Å²) in [4.78, 5) is 23.6. The monoisotopic (exact) mass is 304 g/mol. The maximum Gasteiger partial charge on any atom is 0.190 e. The maximum atomic E-state index is 10.9. The molecule has 0 bridgehead atoms. The van der Waals surface area contributed by atoms with Gasteiger partial charge in [-0.2, -0.15) is 0 Å². The number of rotatable bonds is 2. The molecule has 0 heterocycles. The summed E-state index contributed by atoms with van der Waals surface area (Å²) >= 11 is 5.66. The molecule has 0 aliphatic carbocycles. The molecule has 0 aromatic heterocycles. The summed E-state index contributed by atoms with van der Waals surface area (Å²) in [5.41, 5.74) is 0. The zero-order chi connectivity index (χ0) is 11.4. The van der Waals surface area contributed by atoms with Gasteiger partial charge in [-0.05, 0) is 18.2 Å². The van der Waals surface area contributed by atoms with E-state index in [0.717, 1.165) is 37.8 Å². The Morgan fingerprint density at radius 2 is 1.40 bits per heavy atom. The van der Waals surface area contributed by atoms with E-state index in [2.05, 4.69) is 15.9 Å². The largest absolute Gasteiger partial charge is 0.287 e. The zero-order valence-electron chi connectivity index (χ0n) is 8.24. The molecule has 0 spiro atoms. The molecule has 0 unspecified atom stereocenters. The topological polar surface area (TPSA) is 34.1 Å². The number of hydrogen-bond donors (Lipinski definition) is 0. The quantitative estimate of drug-likeness (QED) is 0.780. The Morgan fingerprint density at radius 1 is 1.00 bits per heavy atom. The Kier molecular flexibility index (Phi) is 4.89. The highest BCUT2D eigenvalue weighted by molar-refractivity contribution is 9.10. The lowest BCUT2D eigenvalue weighted by atomic mass is 10.4. The lowest BCUT2D eigenvalue weighted by Crippen LogP contribution is -1.85. The van der Waals surface area contributed by atoms with Gasteiger partial charge in [0, 0.05) is 28.1 Å². The van der Waals surface area contributed by atoms with Gasteiger partial charge < -0.3 is 0 Å². The van der Waals surface area contributed by atoms with Gasteiger partial charge in [-0.1, -0.05) is 39.5 Å². The fraction of sp³-hybridized carbons (Fsp3) is 0.200. The van der Waals surface area contributed by atoms with E-state index in [9.17, 15) is 9.59 Å². The van der Waals surface area contributed by atoms with Crippen molar-refractivity contribution in [2.24, 2.45) is 0 Å². The summed E-state index contributed by atoms with van der Waals surface area (Å²) in [6, 6.07) is 5.55. The molecule has 0 saturated carbocycles. The van der Waals surface area contributed by atoms with E-state index in [0.29, 0.717) is 0 Å². The van der Waals surface area contributed by atoms with Crippen LogP contribution in [0.25, 0.3) is 0 Å². The van der Waals surface area contributed by atoms with Crippen molar-refractivity contribution < 1.29 is 9.59 Å². The van der Waals surface area contributed by atoms with Crippen molar-refractivity contribution in [2.45, 2.75) is 23.6 Å². The van der Waals surface area contributed by atoms with E-state index >= 15 is 0 Å². The van der Waals surface area contributed by atoms with Crippen LogP contribution in [0.15, 0.2) is 32.5 Å². The molecular weight excluding hydrogens is 296 g/mol. The van der Waals surface area contributed by atoms with Crippen LogP contribution in [-0.4, -0.2) is 10.2 Å². The van der Waals surface area contributed by atoms with Gasteiger partial charge in [0.25, 0.3) is 0 Å². The summed E-state index contributed by atoms with van der Waals surface area (Å²) in [6.45, 7) is 3.03. The smallest absolute Gasteiger partial charge is 0.190 e. The van der Waals surface area contributed by atoms with Crippen LogP contribution < -0.4 is 0 Å². The molecule has 80 valence electrons. The standard InChI is InChI=1S/C10H9BrO2S2/c1-6(12)14-9-3-8(11)4-10(5-9)15-7(2)13/h3-5H,1-2H3. The highest BCUT2D eigenvalue weighted by atomic mass is 79.9. The predicted molar refractivity (Wildman–Crippen MR) is 67.2 cm³/mol. The lowest BCUT2D eigenvalue weighted by Gasteiger charge is -2.02. The van der Waals surface area contributed by atoms with Crippen molar-refractivity contribution in [2.75, 3.05) is 0 Å². The number of hydrogen-bond acceptors (Lipinski definition) is 4. The third-order valence-corrected chi connectivity index (χ3v) is 3.34. The summed E-state index contributed by atoms with van der Waals surface area (Å²) in [5.74, 6) is 0. The maximum absolute atomic E-state index is 10.9. The van der Waals surface area contributed by atoms with Crippen molar-refractivity contribution >= 4 is 49.7 Å². The van der Waals surface area contributed by atoms with Crippen LogP contribution >= 0.6 is 39.5 Å². The fourth-order valence-electron chi connectivity index (χ4n) is 0.987. The van der Waals surface area contributed by atoms with Crippen LogP contribution in [0, 0.1) is 0 Å². The molecule has 0 aliphatic heterocycles. The first-order valence-electron chi connectivity index (χ1n) is 4.15. The van der Waals surface area contributed by atoms with E-state index in [1.165, 1.54) is 13.8 Å². The van der Waals surface area contributed by atoms with Crippen LogP contribution in [0.5, 0.6) is 0 Å². The van der Waals surface area contributed by atoms with Gasteiger partial charge in [-0.25, -0.2) is 0 Å². The molecule has 1 aromatic rings. The second-order valence-corrected chi connectivity index (χ2v) is 6.23. The third-order valence-electron chi connectivity index (χ3n) is 1.37. The minimum atomic E-state index is 0.0341. The molecule has 0 atom stereocenters. The van der Waals surface area contributed by atoms with Crippen LogP contribution in [0.1, 0.15) is 13.8 Å². The summed E-state index contributed by atoms with van der Waals surface area (Å²) < 4.78 is 0.873. The molecule has 0 radical (unpaired) electrons. The Balaban J connectivity index is 2.94. The molecule has 2 nitrogen and oxygen atoms in total. The average molecular weight is 305 g/mol. The first-order valence-corrected chi connectivity index (χ1v) is 6.57. The average Bonchev–Trinajstić information content (AvgIpc) is 1.98. The highest BCUT2D eigenvalue weighted by Crippen LogP contribution is 2.29. The number of carbonyl (C=O) groups is 2. The zero-order valence-corrected chi connectivity index (χ0v) is 11.5. The molecule has 0 N–H and O–H groups in total. The predicted octanol–water partition coefficient (Wildman–Crippen LogP) is 3.73. The van der Waals surface area contributed by atoms with Gasteiger partial charge in [0.15, 0.2) is 10.2 Å². The van der Waals surface area contributed by atoms with Gasteiger partial charge in [-0.3, -0.25) is 9.59 Å².